The summed E-state index contributed by atoms with van der Waals surface area (Å²) in [6, 6.07) is 16.1. The average Bonchev–Trinajstić information content (AvgIpc) is 2.88. The third-order valence-electron chi connectivity index (χ3n) is 5.17. The molecule has 0 fully saturated rings. The number of fused-ring (bicyclic) bond motifs is 1. The van der Waals surface area contributed by atoms with Crippen molar-refractivity contribution in [1.82, 2.24) is 0 Å². The highest BCUT2D eigenvalue weighted by Gasteiger charge is 2.42. The van der Waals surface area contributed by atoms with Crippen LogP contribution in [-0.4, -0.2) is 23.1 Å². The van der Waals surface area contributed by atoms with E-state index in [0.29, 0.717) is 5.56 Å². The Morgan fingerprint density at radius 1 is 0.964 bits per heavy atom. The molecule has 3 nitrogen and oxygen atoms in total. The fourth-order valence-electron chi connectivity index (χ4n) is 3.69. The van der Waals surface area contributed by atoms with Gasteiger partial charge in [-0.3, -0.25) is 4.79 Å². The average molecular weight is 372 g/mol. The minimum absolute atomic E-state index is 0.0104. The fraction of sp³-hybridized carbons (Fsp3) is 0.200. The van der Waals surface area contributed by atoms with Crippen LogP contribution in [0.15, 0.2) is 85.1 Å². The van der Waals surface area contributed by atoms with Crippen molar-refractivity contribution in [2.45, 2.75) is 26.2 Å². The molecule has 1 heterocycles. The smallest absolute Gasteiger partial charge is 0.209 e. The summed E-state index contributed by atoms with van der Waals surface area (Å²) in [5, 5.41) is 3.17. The van der Waals surface area contributed by atoms with Crippen molar-refractivity contribution < 1.29 is 9.37 Å². The van der Waals surface area contributed by atoms with Gasteiger partial charge in [0.15, 0.2) is 11.5 Å². The molecule has 1 aliphatic heterocycles. The molecule has 3 heteroatoms. The maximum Gasteiger partial charge on any atom is 0.209 e. The predicted molar refractivity (Wildman–Crippen MR) is 118 cm³/mol. The fourth-order valence-corrected chi connectivity index (χ4v) is 3.69. The Morgan fingerprint density at radius 3 is 2.39 bits per heavy atom. The summed E-state index contributed by atoms with van der Waals surface area (Å²) in [4.78, 5) is 11.6. The number of ketones is 1. The maximum absolute atomic E-state index is 11.6. The number of benzene rings is 2. The molecule has 0 unspecified atom stereocenters. The van der Waals surface area contributed by atoms with Crippen molar-refractivity contribution in [3.05, 3.63) is 96.2 Å². The van der Waals surface area contributed by atoms with E-state index in [-0.39, 0.29) is 11.2 Å². The van der Waals surface area contributed by atoms with E-state index in [1.165, 1.54) is 17.0 Å². The van der Waals surface area contributed by atoms with E-state index in [9.17, 15) is 4.79 Å². The quantitative estimate of drug-likeness (QED) is 0.405. The van der Waals surface area contributed by atoms with Gasteiger partial charge in [-0.1, -0.05) is 48.6 Å². The molecule has 2 aromatic rings. The van der Waals surface area contributed by atoms with Gasteiger partial charge >= 0.3 is 0 Å². The van der Waals surface area contributed by atoms with Crippen LogP contribution in [0.5, 0.6) is 0 Å². The molecule has 0 saturated heterocycles. The standard InChI is InChI=1S/C25H26N2O/c1-19(28)20-13-8-10-15-22(20)26-18-12-6-5-7-17-24-25(2,3)21-14-9-11-16-23(21)27(24)4/h5-18H,1-4H3/p+1. The number of carbonyl (C=O) groups is 1. The first-order valence-corrected chi connectivity index (χ1v) is 9.50. The molecule has 0 radical (unpaired) electrons. The number of anilines is 1. The van der Waals surface area contributed by atoms with Crippen LogP contribution >= 0.6 is 0 Å². The number of rotatable bonds is 6. The van der Waals surface area contributed by atoms with Crippen LogP contribution in [0.1, 0.15) is 36.7 Å². The minimum atomic E-state index is -0.0104. The molecule has 28 heavy (non-hydrogen) atoms. The first-order valence-electron chi connectivity index (χ1n) is 9.50. The Kier molecular flexibility index (Phi) is 5.74. The highest BCUT2D eigenvalue weighted by molar-refractivity contribution is 6.03. The lowest BCUT2D eigenvalue weighted by Crippen LogP contribution is -2.26. The summed E-state index contributed by atoms with van der Waals surface area (Å²) in [6.45, 7) is 6.09. The normalized spacial score (nSPS) is 15.7. The molecule has 0 bridgehead atoms. The lowest BCUT2D eigenvalue weighted by atomic mass is 9.81. The molecule has 1 N–H and O–H groups in total. The molecule has 2 aromatic carbocycles. The van der Waals surface area contributed by atoms with Gasteiger partial charge in [-0.05, 0) is 39.0 Å². The van der Waals surface area contributed by atoms with E-state index >= 15 is 0 Å². The van der Waals surface area contributed by atoms with Crippen molar-refractivity contribution >= 4 is 22.9 Å². The Bertz CT molecular complexity index is 1010. The van der Waals surface area contributed by atoms with E-state index < -0.39 is 0 Å². The number of nitrogens with zero attached hydrogens (tertiary/aromatic N) is 1. The summed E-state index contributed by atoms with van der Waals surface area (Å²) >= 11 is 0. The monoisotopic (exact) mass is 371 g/mol. The third-order valence-corrected chi connectivity index (χ3v) is 5.17. The summed E-state index contributed by atoms with van der Waals surface area (Å²) in [7, 11) is 2.12. The van der Waals surface area contributed by atoms with E-state index in [1.807, 2.05) is 48.7 Å². The predicted octanol–water partition coefficient (Wildman–Crippen LogP) is 5.63. The molecule has 1 aliphatic rings. The number of allylic oxidation sites excluding steroid dienone is 5. The summed E-state index contributed by atoms with van der Waals surface area (Å²) in [5.74, 6) is 0.0521. The van der Waals surface area contributed by atoms with Gasteiger partial charge in [0.05, 0.1) is 5.41 Å². The zero-order valence-corrected chi connectivity index (χ0v) is 16.9. The van der Waals surface area contributed by atoms with Gasteiger partial charge in [-0.25, -0.2) is 0 Å². The SMILES string of the molecule is CC(=O)c1ccccc1NC=CC=CC=CC1=[N+](C)c2ccccc2C1(C)C. The molecule has 0 saturated carbocycles. The summed E-state index contributed by atoms with van der Waals surface area (Å²) in [5.41, 5.74) is 5.40. The number of carbonyl (C=O) groups excluding carboxylic acids is 1. The van der Waals surface area contributed by atoms with Gasteiger partial charge in [0.1, 0.15) is 7.05 Å². The maximum atomic E-state index is 11.6. The first-order chi connectivity index (χ1) is 13.4. The second-order valence-corrected chi connectivity index (χ2v) is 7.44. The van der Waals surface area contributed by atoms with Crippen LogP contribution in [0.3, 0.4) is 0 Å². The highest BCUT2D eigenvalue weighted by Crippen LogP contribution is 2.38. The molecule has 0 aromatic heterocycles. The molecule has 0 aliphatic carbocycles. The molecule has 142 valence electrons. The van der Waals surface area contributed by atoms with Crippen LogP contribution in [-0.2, 0) is 5.41 Å². The van der Waals surface area contributed by atoms with Crippen molar-refractivity contribution in [3.8, 4) is 0 Å². The minimum Gasteiger partial charge on any atom is -0.361 e. The Hall–Kier alpha value is -3.20. The molecule has 0 amide bonds. The number of Topliss-reactive ketones (excluding diaryl/α,β-unsaturated/α-hetero) is 1. The summed E-state index contributed by atoms with van der Waals surface area (Å²) < 4.78 is 2.26. The van der Waals surface area contributed by atoms with Crippen molar-refractivity contribution in [2.75, 3.05) is 12.4 Å². The van der Waals surface area contributed by atoms with Gasteiger partial charge in [0.2, 0.25) is 5.69 Å². The zero-order chi connectivity index (χ0) is 20.1. The number of para-hydroxylation sites is 2. The van der Waals surface area contributed by atoms with Crippen LogP contribution in [0.2, 0.25) is 0 Å². The molecular weight excluding hydrogens is 344 g/mol. The van der Waals surface area contributed by atoms with Gasteiger partial charge in [0, 0.05) is 35.2 Å². The first kappa shape index (κ1) is 19.6. The topological polar surface area (TPSA) is 32.1 Å². The van der Waals surface area contributed by atoms with Crippen LogP contribution in [0.4, 0.5) is 11.4 Å². The molecule has 0 spiro atoms. The highest BCUT2D eigenvalue weighted by atomic mass is 16.1. The van der Waals surface area contributed by atoms with Crippen LogP contribution < -0.4 is 5.32 Å². The zero-order valence-electron chi connectivity index (χ0n) is 16.9. The van der Waals surface area contributed by atoms with Crippen molar-refractivity contribution in [1.29, 1.82) is 0 Å². The Morgan fingerprint density at radius 2 is 1.64 bits per heavy atom. The van der Waals surface area contributed by atoms with Gasteiger partial charge in [-0.15, -0.1) is 0 Å². The van der Waals surface area contributed by atoms with E-state index in [1.54, 1.807) is 6.92 Å². The third kappa shape index (κ3) is 3.89. The molecule has 0 atom stereocenters. The molecular formula is C25H27N2O+. The Balaban J connectivity index is 1.64. The molecule has 3 rings (SSSR count). The lowest BCUT2D eigenvalue weighted by Gasteiger charge is -2.14. The largest absolute Gasteiger partial charge is 0.361 e. The number of hydrogen-bond donors (Lipinski definition) is 1. The van der Waals surface area contributed by atoms with Gasteiger partial charge in [-0.2, -0.15) is 4.58 Å². The van der Waals surface area contributed by atoms with Gasteiger partial charge < -0.3 is 5.32 Å². The van der Waals surface area contributed by atoms with Crippen LogP contribution in [0.25, 0.3) is 0 Å². The van der Waals surface area contributed by atoms with Gasteiger partial charge in [0.25, 0.3) is 0 Å². The van der Waals surface area contributed by atoms with Crippen molar-refractivity contribution in [3.63, 3.8) is 0 Å². The van der Waals surface area contributed by atoms with E-state index in [2.05, 4.69) is 67.2 Å². The Labute approximate surface area is 167 Å². The van der Waals surface area contributed by atoms with Crippen molar-refractivity contribution in [2.24, 2.45) is 0 Å². The lowest BCUT2D eigenvalue weighted by molar-refractivity contribution is -0.401. The summed E-state index contributed by atoms with van der Waals surface area (Å²) in [6.07, 6.45) is 12.0. The second kappa shape index (κ2) is 8.22. The van der Waals surface area contributed by atoms with Crippen LogP contribution in [0, 0.1) is 0 Å². The number of nitrogens with one attached hydrogen (secondary N) is 1. The second-order valence-electron chi connectivity index (χ2n) is 7.44. The van der Waals surface area contributed by atoms with E-state index in [4.69, 9.17) is 0 Å². The van der Waals surface area contributed by atoms with E-state index in [0.717, 1.165) is 5.69 Å². The number of hydrogen-bond acceptors (Lipinski definition) is 2.